The summed E-state index contributed by atoms with van der Waals surface area (Å²) in [5.41, 5.74) is 6.20. The van der Waals surface area contributed by atoms with Crippen LogP contribution in [0.2, 0.25) is 0 Å². The van der Waals surface area contributed by atoms with Gasteiger partial charge in [0.2, 0.25) is 0 Å². The zero-order valence-corrected chi connectivity index (χ0v) is 23.3. The van der Waals surface area contributed by atoms with E-state index in [1.807, 2.05) is 37.3 Å². The molecule has 1 amide bonds. The third-order valence-corrected chi connectivity index (χ3v) is 7.29. The van der Waals surface area contributed by atoms with Gasteiger partial charge in [0.15, 0.2) is 11.5 Å². The van der Waals surface area contributed by atoms with Crippen LogP contribution in [0, 0.1) is 6.92 Å². The lowest BCUT2D eigenvalue weighted by atomic mass is 9.89. The van der Waals surface area contributed by atoms with Gasteiger partial charge in [-0.2, -0.15) is 0 Å². The number of carbonyl (C=O) groups is 1. The van der Waals surface area contributed by atoms with E-state index in [2.05, 4.69) is 53.5 Å². The molecule has 7 heteroatoms. The maximum absolute atomic E-state index is 13.2. The van der Waals surface area contributed by atoms with Gasteiger partial charge in [-0.05, 0) is 86.8 Å². The number of anilines is 1. The Bertz CT molecular complexity index is 1220. The molecule has 1 aliphatic heterocycles. The van der Waals surface area contributed by atoms with Crippen molar-refractivity contribution in [2.24, 2.45) is 0 Å². The number of nitrogens with one attached hydrogen (secondary N) is 1. The Kier molecular flexibility index (Phi) is 9.24. The van der Waals surface area contributed by atoms with Crippen molar-refractivity contribution in [3.05, 3.63) is 82.7 Å². The van der Waals surface area contributed by atoms with Crippen molar-refractivity contribution in [2.75, 3.05) is 52.8 Å². The van der Waals surface area contributed by atoms with Crippen LogP contribution in [0.5, 0.6) is 11.5 Å². The minimum atomic E-state index is -0.0589. The second-order valence-corrected chi connectivity index (χ2v) is 10.2. The van der Waals surface area contributed by atoms with Gasteiger partial charge in [0, 0.05) is 44.5 Å². The molecule has 202 valence electrons. The summed E-state index contributed by atoms with van der Waals surface area (Å²) in [5.74, 6) is 1.62. The monoisotopic (exact) mass is 516 g/mol. The number of piperidine rings is 1. The van der Waals surface area contributed by atoms with Gasteiger partial charge >= 0.3 is 0 Å². The van der Waals surface area contributed by atoms with Crippen molar-refractivity contribution in [3.63, 3.8) is 0 Å². The largest absolute Gasteiger partial charge is 0.493 e. The average Bonchev–Trinajstić information content (AvgIpc) is 2.93. The molecule has 0 aliphatic carbocycles. The summed E-state index contributed by atoms with van der Waals surface area (Å²) < 4.78 is 10.7. The molecule has 1 saturated heterocycles. The molecular weight excluding hydrogens is 476 g/mol. The van der Waals surface area contributed by atoms with E-state index >= 15 is 0 Å². The molecule has 1 aromatic heterocycles. The molecule has 7 nitrogen and oxygen atoms in total. The third kappa shape index (κ3) is 6.84. The van der Waals surface area contributed by atoms with Crippen LogP contribution in [0.3, 0.4) is 0 Å². The average molecular weight is 517 g/mol. The van der Waals surface area contributed by atoms with Crippen LogP contribution in [0.4, 0.5) is 5.69 Å². The van der Waals surface area contributed by atoms with Crippen LogP contribution >= 0.6 is 0 Å². The van der Waals surface area contributed by atoms with Gasteiger partial charge in [-0.1, -0.05) is 18.2 Å². The number of hydrogen-bond acceptors (Lipinski definition) is 6. The fourth-order valence-electron chi connectivity index (χ4n) is 5.05. The Hall–Kier alpha value is -3.58. The number of carbonyl (C=O) groups excluding carboxylic acids is 1. The first kappa shape index (κ1) is 27.5. The van der Waals surface area contributed by atoms with Crippen LogP contribution in [0.15, 0.2) is 54.6 Å². The fourth-order valence-corrected chi connectivity index (χ4v) is 5.05. The summed E-state index contributed by atoms with van der Waals surface area (Å²) in [7, 11) is 7.37. The number of aryl methyl sites for hydroxylation is 1. The predicted molar refractivity (Wildman–Crippen MR) is 153 cm³/mol. The van der Waals surface area contributed by atoms with Gasteiger partial charge in [-0.25, -0.2) is 0 Å². The molecule has 0 saturated carbocycles. The van der Waals surface area contributed by atoms with Crippen LogP contribution in [-0.2, 0) is 13.0 Å². The molecule has 0 bridgehead atoms. The van der Waals surface area contributed by atoms with Crippen LogP contribution in [-0.4, -0.2) is 63.7 Å². The molecular formula is C31H40N4O3. The second kappa shape index (κ2) is 12.8. The van der Waals surface area contributed by atoms with E-state index in [9.17, 15) is 4.79 Å². The number of nitrogens with zero attached hydrogens (tertiary/aromatic N) is 3. The van der Waals surface area contributed by atoms with E-state index in [1.54, 1.807) is 14.2 Å². The summed E-state index contributed by atoms with van der Waals surface area (Å²) in [4.78, 5) is 22.7. The number of pyridine rings is 1. The van der Waals surface area contributed by atoms with Crippen molar-refractivity contribution < 1.29 is 14.3 Å². The minimum Gasteiger partial charge on any atom is -0.493 e. The highest BCUT2D eigenvalue weighted by Gasteiger charge is 2.26. The van der Waals surface area contributed by atoms with E-state index in [1.165, 1.54) is 11.3 Å². The first-order chi connectivity index (χ1) is 18.4. The Balaban J connectivity index is 1.34. The van der Waals surface area contributed by atoms with Crippen molar-refractivity contribution in [1.82, 2.24) is 15.2 Å². The number of likely N-dealkylation sites (tertiary alicyclic amines) is 1. The van der Waals surface area contributed by atoms with Crippen LogP contribution in [0.25, 0.3) is 0 Å². The molecule has 4 rings (SSSR count). The van der Waals surface area contributed by atoms with E-state index in [0.717, 1.165) is 49.4 Å². The zero-order chi connectivity index (χ0) is 27.1. The molecule has 0 unspecified atom stereocenters. The summed E-state index contributed by atoms with van der Waals surface area (Å²) >= 11 is 0. The first-order valence-corrected chi connectivity index (χ1v) is 13.3. The van der Waals surface area contributed by atoms with Crippen molar-refractivity contribution in [1.29, 1.82) is 0 Å². The zero-order valence-electron chi connectivity index (χ0n) is 23.3. The van der Waals surface area contributed by atoms with Gasteiger partial charge in [0.05, 0.1) is 25.5 Å². The number of rotatable bonds is 10. The Labute approximate surface area is 226 Å². The van der Waals surface area contributed by atoms with Crippen molar-refractivity contribution in [3.8, 4) is 11.5 Å². The molecule has 0 spiro atoms. The molecule has 3 aromatic rings. The molecule has 1 aliphatic rings. The highest BCUT2D eigenvalue weighted by Crippen LogP contribution is 2.31. The lowest BCUT2D eigenvalue weighted by molar-refractivity contribution is 0.0951. The summed E-state index contributed by atoms with van der Waals surface area (Å²) in [6.07, 6.45) is 2.70. The number of ether oxygens (including phenoxy) is 2. The SMILES string of the molecule is COc1ccc(CCNC(=O)c2ccc(C)nc2C2CCN(Cc3ccc(N(C)C)cc3)CC2)cc1OC. The quantitative estimate of drug-likeness (QED) is 0.417. The van der Waals surface area contributed by atoms with Gasteiger partial charge in [0.25, 0.3) is 5.91 Å². The van der Waals surface area contributed by atoms with E-state index in [-0.39, 0.29) is 11.8 Å². The second-order valence-electron chi connectivity index (χ2n) is 10.2. The standard InChI is InChI=1S/C31H40N4O3/c1-22-6-12-27(31(36)32-17-14-23-9-13-28(37-4)29(20-23)38-5)30(33-22)25-15-18-35(19-16-25)21-24-7-10-26(11-8-24)34(2)3/h6-13,20,25H,14-19,21H2,1-5H3,(H,32,36). The van der Waals surface area contributed by atoms with Gasteiger partial charge in [0.1, 0.15) is 0 Å². The molecule has 0 atom stereocenters. The Morgan fingerprint density at radius 3 is 2.32 bits per heavy atom. The molecule has 38 heavy (non-hydrogen) atoms. The molecule has 1 fully saturated rings. The maximum atomic E-state index is 13.2. The van der Waals surface area contributed by atoms with E-state index in [0.29, 0.717) is 30.0 Å². The summed E-state index contributed by atoms with van der Waals surface area (Å²) in [5, 5.41) is 3.10. The van der Waals surface area contributed by atoms with Crippen LogP contribution < -0.4 is 19.7 Å². The first-order valence-electron chi connectivity index (χ1n) is 13.3. The maximum Gasteiger partial charge on any atom is 0.253 e. The molecule has 1 N–H and O–H groups in total. The van der Waals surface area contributed by atoms with Gasteiger partial charge in [-0.3, -0.25) is 14.7 Å². The smallest absolute Gasteiger partial charge is 0.253 e. The third-order valence-electron chi connectivity index (χ3n) is 7.29. The Morgan fingerprint density at radius 1 is 0.974 bits per heavy atom. The highest BCUT2D eigenvalue weighted by atomic mass is 16.5. The minimum absolute atomic E-state index is 0.0589. The summed E-state index contributed by atoms with van der Waals surface area (Å²) in [6, 6.07) is 18.5. The number of hydrogen-bond donors (Lipinski definition) is 1. The van der Waals surface area contributed by atoms with E-state index in [4.69, 9.17) is 14.5 Å². The topological polar surface area (TPSA) is 66.9 Å². The number of benzene rings is 2. The van der Waals surface area contributed by atoms with Gasteiger partial charge < -0.3 is 19.7 Å². The molecule has 2 aromatic carbocycles. The lowest BCUT2D eigenvalue weighted by Gasteiger charge is -2.32. The van der Waals surface area contributed by atoms with Crippen LogP contribution in [0.1, 0.15) is 51.6 Å². The summed E-state index contributed by atoms with van der Waals surface area (Å²) in [6.45, 7) is 5.47. The number of methoxy groups -OCH3 is 2. The van der Waals surface area contributed by atoms with Crippen molar-refractivity contribution in [2.45, 2.75) is 38.6 Å². The van der Waals surface area contributed by atoms with Gasteiger partial charge in [-0.15, -0.1) is 0 Å². The number of aromatic nitrogens is 1. The fraction of sp³-hybridized carbons (Fsp3) is 0.419. The Morgan fingerprint density at radius 2 is 1.66 bits per heavy atom. The highest BCUT2D eigenvalue weighted by molar-refractivity contribution is 5.95. The lowest BCUT2D eigenvalue weighted by Crippen LogP contribution is -2.34. The predicted octanol–water partition coefficient (Wildman–Crippen LogP) is 4.83. The number of amides is 1. The normalized spacial score (nSPS) is 14.2. The van der Waals surface area contributed by atoms with E-state index < -0.39 is 0 Å². The van der Waals surface area contributed by atoms with Crippen molar-refractivity contribution >= 4 is 11.6 Å². The molecule has 0 radical (unpaired) electrons. The molecule has 2 heterocycles.